The summed E-state index contributed by atoms with van der Waals surface area (Å²) >= 11 is 0. The van der Waals surface area contributed by atoms with Gasteiger partial charge in [-0.2, -0.15) is 0 Å². The quantitative estimate of drug-likeness (QED) is 0.627. The SMILES string of the molecule is C=C(CO)[C@H]1CC[C@@H](C)c2ccc(C)nc2C1. The van der Waals surface area contributed by atoms with Crippen LogP contribution in [0.2, 0.25) is 0 Å². The Hall–Kier alpha value is -1.15. The van der Waals surface area contributed by atoms with Gasteiger partial charge in [0, 0.05) is 11.4 Å². The van der Waals surface area contributed by atoms with Crippen LogP contribution in [0.4, 0.5) is 0 Å². The summed E-state index contributed by atoms with van der Waals surface area (Å²) in [4.78, 5) is 4.67. The summed E-state index contributed by atoms with van der Waals surface area (Å²) in [6.07, 6.45) is 3.19. The van der Waals surface area contributed by atoms with Crippen LogP contribution in [0.3, 0.4) is 0 Å². The first kappa shape index (κ1) is 12.3. The fraction of sp³-hybridized carbons (Fsp3) is 0.533. The molecule has 92 valence electrons. The second kappa shape index (κ2) is 5.01. The molecule has 1 aromatic rings. The van der Waals surface area contributed by atoms with Crippen LogP contribution in [0.5, 0.6) is 0 Å². The Bertz CT molecular complexity index is 425. The van der Waals surface area contributed by atoms with E-state index in [2.05, 4.69) is 30.6 Å². The zero-order valence-electron chi connectivity index (χ0n) is 10.7. The summed E-state index contributed by atoms with van der Waals surface area (Å²) in [5.41, 5.74) is 4.61. The van der Waals surface area contributed by atoms with Crippen molar-refractivity contribution < 1.29 is 5.11 Å². The van der Waals surface area contributed by atoms with Gasteiger partial charge in [0.25, 0.3) is 0 Å². The molecule has 2 nitrogen and oxygen atoms in total. The highest BCUT2D eigenvalue weighted by Crippen LogP contribution is 2.34. The molecule has 2 heteroatoms. The van der Waals surface area contributed by atoms with Gasteiger partial charge < -0.3 is 5.11 Å². The molecule has 0 radical (unpaired) electrons. The molecule has 1 N–H and O–H groups in total. The highest BCUT2D eigenvalue weighted by Gasteiger charge is 2.23. The first-order valence-corrected chi connectivity index (χ1v) is 6.36. The van der Waals surface area contributed by atoms with Crippen molar-refractivity contribution in [2.45, 2.75) is 39.0 Å². The van der Waals surface area contributed by atoms with E-state index in [-0.39, 0.29) is 6.61 Å². The number of fused-ring (bicyclic) bond motifs is 1. The molecule has 1 aliphatic carbocycles. The number of aliphatic hydroxyl groups is 1. The first-order valence-electron chi connectivity index (χ1n) is 6.36. The fourth-order valence-corrected chi connectivity index (χ4v) is 2.65. The average Bonchev–Trinajstić information content (AvgIpc) is 2.48. The summed E-state index contributed by atoms with van der Waals surface area (Å²) in [6, 6.07) is 4.31. The lowest BCUT2D eigenvalue weighted by Crippen LogP contribution is -2.10. The third kappa shape index (κ3) is 2.58. The van der Waals surface area contributed by atoms with Crippen LogP contribution in [0.15, 0.2) is 24.3 Å². The van der Waals surface area contributed by atoms with Crippen molar-refractivity contribution >= 4 is 0 Å². The molecule has 0 spiro atoms. The van der Waals surface area contributed by atoms with Crippen molar-refractivity contribution in [3.05, 3.63) is 41.2 Å². The third-order valence-electron chi connectivity index (χ3n) is 3.85. The van der Waals surface area contributed by atoms with Gasteiger partial charge in [0.2, 0.25) is 0 Å². The molecule has 1 heterocycles. The van der Waals surface area contributed by atoms with Gasteiger partial charge in [-0.15, -0.1) is 0 Å². The van der Waals surface area contributed by atoms with E-state index in [0.717, 1.165) is 30.5 Å². The zero-order valence-corrected chi connectivity index (χ0v) is 10.7. The van der Waals surface area contributed by atoms with E-state index >= 15 is 0 Å². The van der Waals surface area contributed by atoms with E-state index in [9.17, 15) is 5.11 Å². The predicted octanol–water partition coefficient (Wildman–Crippen LogP) is 2.99. The van der Waals surface area contributed by atoms with Gasteiger partial charge in [-0.05, 0) is 55.2 Å². The Balaban J connectivity index is 2.33. The van der Waals surface area contributed by atoms with Crippen LogP contribution >= 0.6 is 0 Å². The number of aliphatic hydroxyl groups excluding tert-OH is 1. The monoisotopic (exact) mass is 231 g/mol. The van der Waals surface area contributed by atoms with Crippen molar-refractivity contribution in [1.82, 2.24) is 4.98 Å². The van der Waals surface area contributed by atoms with Crippen molar-refractivity contribution in [1.29, 1.82) is 0 Å². The van der Waals surface area contributed by atoms with E-state index in [4.69, 9.17) is 0 Å². The summed E-state index contributed by atoms with van der Waals surface area (Å²) < 4.78 is 0. The molecule has 0 fully saturated rings. The van der Waals surface area contributed by atoms with Gasteiger partial charge >= 0.3 is 0 Å². The van der Waals surface area contributed by atoms with E-state index < -0.39 is 0 Å². The number of aromatic nitrogens is 1. The van der Waals surface area contributed by atoms with Crippen LogP contribution in [-0.2, 0) is 6.42 Å². The van der Waals surface area contributed by atoms with Crippen molar-refractivity contribution in [3.63, 3.8) is 0 Å². The second-order valence-corrected chi connectivity index (χ2v) is 5.18. The number of hydrogen-bond donors (Lipinski definition) is 1. The number of nitrogens with zero attached hydrogens (tertiary/aromatic N) is 1. The molecule has 0 aliphatic heterocycles. The van der Waals surface area contributed by atoms with Gasteiger partial charge in [0.1, 0.15) is 0 Å². The second-order valence-electron chi connectivity index (χ2n) is 5.18. The zero-order chi connectivity index (χ0) is 12.4. The van der Waals surface area contributed by atoms with E-state index in [1.165, 1.54) is 11.3 Å². The normalized spacial score (nSPS) is 23.9. The fourth-order valence-electron chi connectivity index (χ4n) is 2.65. The summed E-state index contributed by atoms with van der Waals surface area (Å²) in [5.74, 6) is 0.951. The minimum Gasteiger partial charge on any atom is -0.392 e. The minimum atomic E-state index is 0.0974. The van der Waals surface area contributed by atoms with Crippen LogP contribution < -0.4 is 0 Å². The Morgan fingerprint density at radius 1 is 1.47 bits per heavy atom. The van der Waals surface area contributed by atoms with Gasteiger partial charge in [0.15, 0.2) is 0 Å². The Morgan fingerprint density at radius 3 is 2.94 bits per heavy atom. The van der Waals surface area contributed by atoms with Gasteiger partial charge in [-0.25, -0.2) is 0 Å². The van der Waals surface area contributed by atoms with Crippen LogP contribution in [0.1, 0.15) is 42.6 Å². The van der Waals surface area contributed by atoms with Gasteiger partial charge in [-0.1, -0.05) is 19.6 Å². The maximum Gasteiger partial charge on any atom is 0.0641 e. The molecule has 0 amide bonds. The topological polar surface area (TPSA) is 33.1 Å². The Labute approximate surface area is 103 Å². The highest BCUT2D eigenvalue weighted by atomic mass is 16.3. The Morgan fingerprint density at radius 2 is 2.24 bits per heavy atom. The van der Waals surface area contributed by atoms with Crippen molar-refractivity contribution in [2.24, 2.45) is 5.92 Å². The van der Waals surface area contributed by atoms with Crippen molar-refractivity contribution in [3.8, 4) is 0 Å². The van der Waals surface area contributed by atoms with E-state index in [1.54, 1.807) is 0 Å². The lowest BCUT2D eigenvalue weighted by Gasteiger charge is -2.15. The molecule has 2 rings (SSSR count). The lowest BCUT2D eigenvalue weighted by atomic mass is 9.92. The Kier molecular flexibility index (Phi) is 3.63. The smallest absolute Gasteiger partial charge is 0.0641 e. The molecular formula is C15H21NO. The number of rotatable bonds is 2. The third-order valence-corrected chi connectivity index (χ3v) is 3.85. The van der Waals surface area contributed by atoms with E-state index in [0.29, 0.717) is 11.8 Å². The molecule has 0 aromatic carbocycles. The number of pyridine rings is 1. The molecule has 0 bridgehead atoms. The van der Waals surface area contributed by atoms with Crippen LogP contribution in [0, 0.1) is 12.8 Å². The highest BCUT2D eigenvalue weighted by molar-refractivity contribution is 5.29. The van der Waals surface area contributed by atoms with Gasteiger partial charge in [-0.3, -0.25) is 4.98 Å². The molecule has 17 heavy (non-hydrogen) atoms. The van der Waals surface area contributed by atoms with E-state index in [1.807, 2.05) is 6.92 Å². The first-order chi connectivity index (χ1) is 8.11. The standard InChI is InChI=1S/C15H21NO/c1-10-4-6-13(11(2)9-17)8-15-14(10)7-5-12(3)16-15/h5,7,10,13,17H,2,4,6,8-9H2,1,3H3/t10-,13+/m1/s1. The molecule has 0 saturated carbocycles. The summed E-state index contributed by atoms with van der Waals surface area (Å²) in [6.45, 7) is 8.38. The molecule has 1 aromatic heterocycles. The summed E-state index contributed by atoms with van der Waals surface area (Å²) in [7, 11) is 0. The number of hydrogen-bond acceptors (Lipinski definition) is 2. The largest absolute Gasteiger partial charge is 0.392 e. The van der Waals surface area contributed by atoms with Crippen LogP contribution in [0.25, 0.3) is 0 Å². The molecular weight excluding hydrogens is 210 g/mol. The minimum absolute atomic E-state index is 0.0974. The molecule has 0 unspecified atom stereocenters. The predicted molar refractivity (Wildman–Crippen MR) is 70.0 cm³/mol. The average molecular weight is 231 g/mol. The van der Waals surface area contributed by atoms with Crippen LogP contribution in [-0.4, -0.2) is 16.7 Å². The van der Waals surface area contributed by atoms with Gasteiger partial charge in [0.05, 0.1) is 6.61 Å². The summed E-state index contributed by atoms with van der Waals surface area (Å²) in [5, 5.41) is 9.23. The molecule has 2 atom stereocenters. The lowest BCUT2D eigenvalue weighted by molar-refractivity contribution is 0.309. The molecule has 0 saturated heterocycles. The maximum absolute atomic E-state index is 9.23. The molecule has 1 aliphatic rings. The van der Waals surface area contributed by atoms with Crippen molar-refractivity contribution in [2.75, 3.05) is 6.61 Å². The maximum atomic E-state index is 9.23. The number of aryl methyl sites for hydroxylation is 1.